The summed E-state index contributed by atoms with van der Waals surface area (Å²) in [5.74, 6) is 0.347. The Morgan fingerprint density at radius 1 is 1.35 bits per heavy atom. The molecule has 0 aliphatic heterocycles. The Labute approximate surface area is 107 Å². The van der Waals surface area contributed by atoms with Gasteiger partial charge in [-0.15, -0.1) is 11.3 Å². The highest BCUT2D eigenvalue weighted by Gasteiger charge is 2.24. The van der Waals surface area contributed by atoms with E-state index in [0.29, 0.717) is 5.92 Å². The molecule has 0 spiro atoms. The molecule has 7 heteroatoms. The van der Waals surface area contributed by atoms with Crippen molar-refractivity contribution >= 4 is 21.5 Å². The van der Waals surface area contributed by atoms with E-state index in [-0.39, 0.29) is 6.04 Å². The topological polar surface area (TPSA) is 76.3 Å². The molecule has 1 aromatic heterocycles. The molecule has 0 unspecified atom stereocenters. The van der Waals surface area contributed by atoms with Gasteiger partial charge in [-0.1, -0.05) is 13.8 Å². The van der Waals surface area contributed by atoms with E-state index in [9.17, 15) is 8.42 Å². The first-order valence-corrected chi connectivity index (χ1v) is 7.69. The molecular weight excluding hydrogens is 258 g/mol. The molecule has 2 N–H and O–H groups in total. The third kappa shape index (κ3) is 3.25. The van der Waals surface area contributed by atoms with Gasteiger partial charge in [0.2, 0.25) is 0 Å². The van der Waals surface area contributed by atoms with Crippen LogP contribution in [0.25, 0.3) is 0 Å². The van der Waals surface area contributed by atoms with Crippen LogP contribution in [-0.4, -0.2) is 24.8 Å². The molecule has 5 nitrogen and oxygen atoms in total. The summed E-state index contributed by atoms with van der Waals surface area (Å²) in [6.45, 7) is 7.84. The maximum atomic E-state index is 11.3. The minimum Gasteiger partial charge on any atom is -0.246 e. The molecule has 0 saturated heterocycles. The van der Waals surface area contributed by atoms with E-state index in [0.717, 1.165) is 19.9 Å². The van der Waals surface area contributed by atoms with E-state index in [1.54, 1.807) is 11.3 Å². The average molecular weight is 277 g/mol. The Morgan fingerprint density at radius 2 is 1.88 bits per heavy atom. The van der Waals surface area contributed by atoms with E-state index in [4.69, 9.17) is 5.14 Å². The molecule has 0 aliphatic rings. The predicted molar refractivity (Wildman–Crippen MR) is 70.2 cm³/mol. The number of nitrogens with zero attached hydrogens (tertiary/aromatic N) is 2. The van der Waals surface area contributed by atoms with Gasteiger partial charge >= 0.3 is 0 Å². The van der Waals surface area contributed by atoms with Gasteiger partial charge in [0.1, 0.15) is 0 Å². The summed E-state index contributed by atoms with van der Waals surface area (Å²) in [5.41, 5.74) is 0.877. The van der Waals surface area contributed by atoms with Crippen LogP contribution in [-0.2, 0) is 10.2 Å². The van der Waals surface area contributed by atoms with E-state index in [1.165, 1.54) is 7.05 Å². The molecule has 0 fully saturated rings. The molecule has 0 aliphatic carbocycles. The summed E-state index contributed by atoms with van der Waals surface area (Å²) in [6.07, 6.45) is 0. The summed E-state index contributed by atoms with van der Waals surface area (Å²) >= 11 is 1.55. The number of hydrogen-bond acceptors (Lipinski definition) is 4. The fourth-order valence-corrected chi connectivity index (χ4v) is 3.23. The minimum atomic E-state index is -3.67. The zero-order valence-electron chi connectivity index (χ0n) is 10.8. The number of aromatic nitrogens is 1. The molecule has 1 aromatic rings. The van der Waals surface area contributed by atoms with Crippen LogP contribution in [0.3, 0.4) is 0 Å². The fourth-order valence-electron chi connectivity index (χ4n) is 1.45. The summed E-state index contributed by atoms with van der Waals surface area (Å²) in [4.78, 5) is 5.40. The third-order valence-corrected chi connectivity index (χ3v) is 5.42. The number of hydrogen-bond donors (Lipinski definition) is 1. The van der Waals surface area contributed by atoms with Gasteiger partial charge in [0.15, 0.2) is 0 Å². The van der Waals surface area contributed by atoms with E-state index < -0.39 is 10.2 Å². The second-order valence-corrected chi connectivity index (χ2v) is 7.06. The largest absolute Gasteiger partial charge is 0.277 e. The molecule has 0 amide bonds. The van der Waals surface area contributed by atoms with Crippen LogP contribution in [0, 0.1) is 6.92 Å². The molecule has 0 radical (unpaired) electrons. The molecule has 1 atom stereocenters. The molecule has 0 bridgehead atoms. The number of nitrogens with two attached hydrogens (primary N) is 1. The van der Waals surface area contributed by atoms with Gasteiger partial charge in [-0.25, -0.2) is 10.1 Å². The highest BCUT2D eigenvalue weighted by atomic mass is 32.2. The van der Waals surface area contributed by atoms with E-state index >= 15 is 0 Å². The predicted octanol–water partition coefficient (Wildman–Crippen LogP) is 1.77. The van der Waals surface area contributed by atoms with Crippen LogP contribution in [0.4, 0.5) is 0 Å². The van der Waals surface area contributed by atoms with Crippen LogP contribution in [0.15, 0.2) is 0 Å². The second-order valence-electron chi connectivity index (χ2n) is 4.39. The molecular formula is C10H19N3O2S2. The molecule has 1 rings (SSSR count). The first-order chi connectivity index (χ1) is 7.64. The number of rotatable bonds is 4. The van der Waals surface area contributed by atoms with Crippen molar-refractivity contribution in [2.45, 2.75) is 39.7 Å². The number of thiazole rings is 1. The van der Waals surface area contributed by atoms with E-state index in [1.807, 2.05) is 13.8 Å². The van der Waals surface area contributed by atoms with Crippen molar-refractivity contribution in [2.24, 2.45) is 5.14 Å². The van der Waals surface area contributed by atoms with Crippen LogP contribution in [0.2, 0.25) is 0 Å². The van der Waals surface area contributed by atoms with Crippen LogP contribution >= 0.6 is 11.3 Å². The Hall–Kier alpha value is -0.500. The zero-order valence-corrected chi connectivity index (χ0v) is 12.4. The van der Waals surface area contributed by atoms with Crippen molar-refractivity contribution < 1.29 is 8.42 Å². The maximum absolute atomic E-state index is 11.3. The van der Waals surface area contributed by atoms with Gasteiger partial charge in [0.25, 0.3) is 10.2 Å². The Kier molecular flexibility index (Phi) is 4.29. The van der Waals surface area contributed by atoms with Crippen LogP contribution in [0.5, 0.6) is 0 Å². The van der Waals surface area contributed by atoms with Crippen LogP contribution in [0.1, 0.15) is 48.3 Å². The second kappa shape index (κ2) is 5.01. The highest BCUT2D eigenvalue weighted by molar-refractivity contribution is 7.86. The lowest BCUT2D eigenvalue weighted by Crippen LogP contribution is -2.35. The average Bonchev–Trinajstić information content (AvgIpc) is 2.57. The van der Waals surface area contributed by atoms with Crippen molar-refractivity contribution in [3.8, 4) is 0 Å². The molecule has 0 aromatic carbocycles. The molecule has 0 saturated carbocycles. The highest BCUT2D eigenvalue weighted by Crippen LogP contribution is 2.32. The lowest BCUT2D eigenvalue weighted by molar-refractivity contribution is 0.402. The number of aryl methyl sites for hydroxylation is 1. The summed E-state index contributed by atoms with van der Waals surface area (Å²) in [7, 11) is -2.19. The van der Waals surface area contributed by atoms with E-state index in [2.05, 4.69) is 18.8 Å². The zero-order chi connectivity index (χ0) is 13.4. The Morgan fingerprint density at radius 3 is 2.24 bits per heavy atom. The SMILES string of the molecule is Cc1nc(C(C)C)sc1[C@@H](C)N(C)S(N)(=O)=O. The van der Waals surface area contributed by atoms with Gasteiger partial charge in [-0.05, 0) is 13.8 Å². The van der Waals surface area contributed by atoms with Gasteiger partial charge in [-0.3, -0.25) is 0 Å². The third-order valence-electron chi connectivity index (χ3n) is 2.67. The van der Waals surface area contributed by atoms with Crippen molar-refractivity contribution in [3.05, 3.63) is 15.6 Å². The smallest absolute Gasteiger partial charge is 0.246 e. The monoisotopic (exact) mass is 277 g/mol. The first-order valence-electron chi connectivity index (χ1n) is 5.37. The van der Waals surface area contributed by atoms with Crippen molar-refractivity contribution in [1.29, 1.82) is 0 Å². The minimum absolute atomic E-state index is 0.282. The van der Waals surface area contributed by atoms with Crippen molar-refractivity contribution in [1.82, 2.24) is 9.29 Å². The van der Waals surface area contributed by atoms with Gasteiger partial charge in [-0.2, -0.15) is 12.7 Å². The van der Waals surface area contributed by atoms with Crippen molar-refractivity contribution in [2.75, 3.05) is 7.05 Å². The normalized spacial score (nSPS) is 14.6. The Bertz CT molecular complexity index is 494. The lowest BCUT2D eigenvalue weighted by Gasteiger charge is -2.21. The first kappa shape index (κ1) is 14.6. The summed E-state index contributed by atoms with van der Waals surface area (Å²) in [6, 6.07) is -0.282. The maximum Gasteiger partial charge on any atom is 0.277 e. The standard InChI is InChI=1S/C10H19N3O2S2/c1-6(2)10-12-7(3)9(16-10)8(4)13(5)17(11,14)15/h6,8H,1-5H3,(H2,11,14,15)/t8-/m1/s1. The van der Waals surface area contributed by atoms with Gasteiger partial charge < -0.3 is 0 Å². The fraction of sp³-hybridized carbons (Fsp3) is 0.700. The summed E-state index contributed by atoms with van der Waals surface area (Å²) in [5, 5.41) is 6.14. The lowest BCUT2D eigenvalue weighted by atomic mass is 10.2. The molecule has 1 heterocycles. The van der Waals surface area contributed by atoms with Crippen LogP contribution < -0.4 is 5.14 Å². The summed E-state index contributed by atoms with van der Waals surface area (Å²) < 4.78 is 23.7. The Balaban J connectivity index is 3.09. The molecule has 17 heavy (non-hydrogen) atoms. The quantitative estimate of drug-likeness (QED) is 0.911. The van der Waals surface area contributed by atoms with Gasteiger partial charge in [0.05, 0.1) is 16.7 Å². The van der Waals surface area contributed by atoms with Crippen molar-refractivity contribution in [3.63, 3.8) is 0 Å². The van der Waals surface area contributed by atoms with Gasteiger partial charge in [0, 0.05) is 17.8 Å². The molecule has 98 valence electrons.